The van der Waals surface area contributed by atoms with Crippen LogP contribution in [0.25, 0.3) is 11.0 Å². The number of aromatic nitrogens is 2. The first-order valence-corrected chi connectivity index (χ1v) is 5.00. The van der Waals surface area contributed by atoms with Crippen molar-refractivity contribution in [2.75, 3.05) is 5.73 Å². The lowest BCUT2D eigenvalue weighted by molar-refractivity contribution is 0.352. The zero-order valence-electron chi connectivity index (χ0n) is 8.96. The molecule has 0 unspecified atom stereocenters. The summed E-state index contributed by atoms with van der Waals surface area (Å²) >= 11 is 0. The lowest BCUT2D eigenvalue weighted by atomic mass is 10.0. The molecule has 76 valence electrons. The molecule has 2 heterocycles. The molecule has 2 aromatic rings. The minimum Gasteiger partial charge on any atom is -0.397 e. The van der Waals surface area contributed by atoms with Crippen LogP contribution in [0.5, 0.6) is 0 Å². The Labute approximate surface area is 83.9 Å². The molecule has 0 saturated heterocycles. The van der Waals surface area contributed by atoms with Gasteiger partial charge in [-0.2, -0.15) is 0 Å². The van der Waals surface area contributed by atoms with Crippen molar-refractivity contribution in [3.05, 3.63) is 18.5 Å². The van der Waals surface area contributed by atoms with Gasteiger partial charge in [-0.1, -0.05) is 6.92 Å². The predicted octanol–water partition coefficient (Wildman–Crippen LogP) is 2.70. The molecule has 2 rings (SSSR count). The van der Waals surface area contributed by atoms with Crippen molar-refractivity contribution >= 4 is 16.7 Å². The fourth-order valence-corrected chi connectivity index (χ4v) is 1.71. The Morgan fingerprint density at radius 3 is 2.86 bits per heavy atom. The molecule has 3 nitrogen and oxygen atoms in total. The van der Waals surface area contributed by atoms with Gasteiger partial charge < -0.3 is 15.3 Å². The average molecular weight is 191 g/mol. The molecule has 0 aliphatic heterocycles. The third-order valence-corrected chi connectivity index (χ3v) is 3.06. The molecular formula is C11H17N3. The first kappa shape index (κ1) is 9.19. The molecule has 0 saturated carbocycles. The highest BCUT2D eigenvalue weighted by Crippen LogP contribution is 2.29. The number of nitrogens with one attached hydrogen (secondary N) is 1. The summed E-state index contributed by atoms with van der Waals surface area (Å²) in [6.45, 7) is 6.62. The van der Waals surface area contributed by atoms with E-state index in [1.807, 2.05) is 18.5 Å². The minimum absolute atomic E-state index is 0.112. The van der Waals surface area contributed by atoms with E-state index >= 15 is 0 Å². The van der Waals surface area contributed by atoms with Gasteiger partial charge >= 0.3 is 0 Å². The van der Waals surface area contributed by atoms with E-state index in [9.17, 15) is 0 Å². The Morgan fingerprint density at radius 2 is 2.21 bits per heavy atom. The van der Waals surface area contributed by atoms with Crippen LogP contribution in [0, 0.1) is 0 Å². The standard InChI is InChI=1S/C11H17N3/c1-4-11(2,3)14-7-9(12)8-5-6-13-10(8)14/h5-7,13H,4,12H2,1-3H3. The summed E-state index contributed by atoms with van der Waals surface area (Å²) in [5, 5.41) is 1.12. The SMILES string of the molecule is CCC(C)(C)n1cc(N)c2cc[nH]c21. The van der Waals surface area contributed by atoms with Crippen molar-refractivity contribution in [2.24, 2.45) is 0 Å². The molecular weight excluding hydrogens is 174 g/mol. The largest absolute Gasteiger partial charge is 0.397 e. The highest BCUT2D eigenvalue weighted by Gasteiger charge is 2.20. The number of nitrogens with two attached hydrogens (primary N) is 1. The molecule has 0 aliphatic rings. The van der Waals surface area contributed by atoms with Gasteiger partial charge in [0.2, 0.25) is 0 Å². The number of hydrogen-bond acceptors (Lipinski definition) is 1. The van der Waals surface area contributed by atoms with E-state index in [4.69, 9.17) is 5.73 Å². The zero-order valence-corrected chi connectivity index (χ0v) is 8.96. The average Bonchev–Trinajstić information content (AvgIpc) is 2.70. The second-order valence-corrected chi connectivity index (χ2v) is 4.36. The van der Waals surface area contributed by atoms with Crippen molar-refractivity contribution in [1.82, 2.24) is 9.55 Å². The first-order valence-electron chi connectivity index (χ1n) is 5.00. The number of aromatic amines is 1. The quantitative estimate of drug-likeness (QED) is 0.753. The molecule has 0 radical (unpaired) electrons. The Bertz CT molecular complexity index is 448. The van der Waals surface area contributed by atoms with Crippen LogP contribution in [-0.2, 0) is 5.54 Å². The fraction of sp³-hybridized carbons (Fsp3) is 0.455. The van der Waals surface area contributed by atoms with Crippen LogP contribution in [0.4, 0.5) is 5.69 Å². The number of nitrogens with zero attached hydrogens (tertiary/aromatic N) is 1. The summed E-state index contributed by atoms with van der Waals surface area (Å²) in [5.41, 5.74) is 8.01. The van der Waals surface area contributed by atoms with Gasteiger partial charge in [0.05, 0.1) is 5.69 Å². The normalized spacial score (nSPS) is 12.5. The molecule has 3 N–H and O–H groups in total. The molecule has 0 bridgehead atoms. The van der Waals surface area contributed by atoms with E-state index < -0.39 is 0 Å². The molecule has 14 heavy (non-hydrogen) atoms. The number of rotatable bonds is 2. The van der Waals surface area contributed by atoms with Crippen LogP contribution >= 0.6 is 0 Å². The maximum atomic E-state index is 5.93. The van der Waals surface area contributed by atoms with E-state index in [2.05, 4.69) is 30.3 Å². The highest BCUT2D eigenvalue weighted by molar-refractivity contribution is 5.90. The monoisotopic (exact) mass is 191 g/mol. The van der Waals surface area contributed by atoms with Crippen LogP contribution in [0.1, 0.15) is 27.2 Å². The Morgan fingerprint density at radius 1 is 1.50 bits per heavy atom. The summed E-state index contributed by atoms with van der Waals surface area (Å²) in [6, 6.07) is 2.02. The van der Waals surface area contributed by atoms with Gasteiger partial charge in [-0.05, 0) is 26.3 Å². The minimum atomic E-state index is 0.112. The number of hydrogen-bond donors (Lipinski definition) is 2. The van der Waals surface area contributed by atoms with E-state index in [1.165, 1.54) is 0 Å². The number of H-pyrrole nitrogens is 1. The van der Waals surface area contributed by atoms with Gasteiger partial charge in [-0.3, -0.25) is 0 Å². The lowest BCUT2D eigenvalue weighted by Gasteiger charge is -2.25. The van der Waals surface area contributed by atoms with Crippen LogP contribution in [-0.4, -0.2) is 9.55 Å². The van der Waals surface area contributed by atoms with Crippen molar-refractivity contribution in [2.45, 2.75) is 32.7 Å². The zero-order chi connectivity index (χ0) is 10.3. The summed E-state index contributed by atoms with van der Waals surface area (Å²) in [4.78, 5) is 3.23. The van der Waals surface area contributed by atoms with Crippen molar-refractivity contribution in [3.63, 3.8) is 0 Å². The summed E-state index contributed by atoms with van der Waals surface area (Å²) < 4.78 is 2.22. The predicted molar refractivity (Wildman–Crippen MR) is 60.3 cm³/mol. The second-order valence-electron chi connectivity index (χ2n) is 4.36. The molecule has 0 spiro atoms. The fourth-order valence-electron chi connectivity index (χ4n) is 1.71. The van der Waals surface area contributed by atoms with E-state index in [-0.39, 0.29) is 5.54 Å². The van der Waals surface area contributed by atoms with Gasteiger partial charge in [-0.15, -0.1) is 0 Å². The maximum Gasteiger partial charge on any atom is 0.120 e. The number of nitrogen functional groups attached to an aromatic ring is 1. The Hall–Kier alpha value is -1.38. The number of fused-ring (bicyclic) bond motifs is 1. The molecule has 0 aliphatic carbocycles. The van der Waals surface area contributed by atoms with Crippen LogP contribution in [0.2, 0.25) is 0 Å². The van der Waals surface area contributed by atoms with Gasteiger partial charge in [0, 0.05) is 23.3 Å². The van der Waals surface area contributed by atoms with Crippen molar-refractivity contribution < 1.29 is 0 Å². The van der Waals surface area contributed by atoms with E-state index in [0.29, 0.717) is 0 Å². The summed E-state index contributed by atoms with van der Waals surface area (Å²) in [7, 11) is 0. The first-order chi connectivity index (χ1) is 6.56. The van der Waals surface area contributed by atoms with Crippen molar-refractivity contribution in [3.8, 4) is 0 Å². The molecule has 0 aromatic carbocycles. The summed E-state index contributed by atoms with van der Waals surface area (Å²) in [5.74, 6) is 0. The second kappa shape index (κ2) is 2.80. The Kier molecular flexibility index (Phi) is 1.84. The third-order valence-electron chi connectivity index (χ3n) is 3.06. The lowest BCUT2D eigenvalue weighted by Crippen LogP contribution is -2.24. The maximum absolute atomic E-state index is 5.93. The van der Waals surface area contributed by atoms with Gasteiger partial charge in [-0.25, -0.2) is 0 Å². The molecule has 0 atom stereocenters. The van der Waals surface area contributed by atoms with Gasteiger partial charge in [0.25, 0.3) is 0 Å². The van der Waals surface area contributed by atoms with Crippen LogP contribution in [0.3, 0.4) is 0 Å². The Balaban J connectivity index is 2.68. The van der Waals surface area contributed by atoms with Gasteiger partial charge in [0.15, 0.2) is 0 Å². The molecule has 2 aromatic heterocycles. The van der Waals surface area contributed by atoms with Crippen LogP contribution in [0.15, 0.2) is 18.5 Å². The third kappa shape index (κ3) is 1.12. The molecule has 0 fully saturated rings. The van der Waals surface area contributed by atoms with Crippen LogP contribution < -0.4 is 5.73 Å². The topological polar surface area (TPSA) is 46.7 Å². The molecule has 3 heteroatoms. The number of anilines is 1. The van der Waals surface area contributed by atoms with Crippen molar-refractivity contribution in [1.29, 1.82) is 0 Å². The molecule has 0 amide bonds. The van der Waals surface area contributed by atoms with E-state index in [1.54, 1.807) is 0 Å². The smallest absolute Gasteiger partial charge is 0.120 e. The van der Waals surface area contributed by atoms with Gasteiger partial charge in [0.1, 0.15) is 5.65 Å². The summed E-state index contributed by atoms with van der Waals surface area (Å²) in [6.07, 6.45) is 5.03. The van der Waals surface area contributed by atoms with E-state index in [0.717, 1.165) is 23.1 Å². The highest BCUT2D eigenvalue weighted by atomic mass is 15.1.